The van der Waals surface area contributed by atoms with Crippen LogP contribution in [0.25, 0.3) is 0 Å². The molecule has 2 aromatic rings. The molecule has 1 heterocycles. The Morgan fingerprint density at radius 1 is 1.08 bits per heavy atom. The lowest BCUT2D eigenvalue weighted by molar-refractivity contribution is -0.141. The van der Waals surface area contributed by atoms with Crippen LogP contribution < -0.4 is 10.6 Å². The Balaban J connectivity index is 1.80. The monoisotopic (exact) mass is 348 g/mol. The molecule has 0 aliphatic heterocycles. The van der Waals surface area contributed by atoms with E-state index in [2.05, 4.69) is 10.6 Å². The van der Waals surface area contributed by atoms with E-state index in [-0.39, 0.29) is 18.4 Å². The molecule has 0 aliphatic rings. The number of benzene rings is 1. The van der Waals surface area contributed by atoms with Gasteiger partial charge in [0, 0.05) is 11.6 Å². The fraction of sp³-hybridized carbons (Fsp3) is 0.333. The third-order valence-electron chi connectivity index (χ3n) is 3.75. The predicted octanol–water partition coefficient (Wildman–Crippen LogP) is 2.93. The van der Waals surface area contributed by atoms with Gasteiger partial charge in [0.25, 0.3) is 0 Å². The Bertz CT molecular complexity index is 679. The number of halogens is 1. The maximum Gasteiger partial charge on any atom is 0.235 e. The van der Waals surface area contributed by atoms with Crippen molar-refractivity contribution in [2.24, 2.45) is 5.41 Å². The summed E-state index contributed by atoms with van der Waals surface area (Å²) in [5, 5.41) is 6.19. The summed E-state index contributed by atoms with van der Waals surface area (Å²) >= 11 is 5.84. The average molecular weight is 349 g/mol. The smallest absolute Gasteiger partial charge is 0.235 e. The molecule has 0 saturated carbocycles. The van der Waals surface area contributed by atoms with Crippen LogP contribution in [-0.4, -0.2) is 18.4 Å². The number of hydrogen-bond donors (Lipinski definition) is 2. The van der Waals surface area contributed by atoms with Crippen molar-refractivity contribution in [2.75, 3.05) is 6.54 Å². The zero-order chi connectivity index (χ0) is 17.6. The van der Waals surface area contributed by atoms with Gasteiger partial charge in [-0.2, -0.15) is 0 Å². The van der Waals surface area contributed by atoms with Crippen LogP contribution in [0.3, 0.4) is 0 Å². The highest BCUT2D eigenvalue weighted by atomic mass is 35.5. The Morgan fingerprint density at radius 3 is 2.38 bits per heavy atom. The molecule has 0 bridgehead atoms. The standard InChI is InChI=1S/C18H21ClN2O3/c1-18(2,17(23)21-12-15-4-3-11-24-15)16(22)20-10-9-13-5-7-14(19)8-6-13/h3-8,11H,9-10,12H2,1-2H3,(H,20,22)(H,21,23). The van der Waals surface area contributed by atoms with Gasteiger partial charge in [-0.1, -0.05) is 23.7 Å². The molecule has 0 saturated heterocycles. The molecule has 0 spiro atoms. The zero-order valence-corrected chi connectivity index (χ0v) is 14.5. The molecule has 0 unspecified atom stereocenters. The van der Waals surface area contributed by atoms with E-state index in [4.69, 9.17) is 16.0 Å². The topological polar surface area (TPSA) is 71.3 Å². The zero-order valence-electron chi connectivity index (χ0n) is 13.8. The van der Waals surface area contributed by atoms with Crippen molar-refractivity contribution in [1.82, 2.24) is 10.6 Å². The molecule has 5 nitrogen and oxygen atoms in total. The molecule has 0 atom stereocenters. The quantitative estimate of drug-likeness (QED) is 0.756. The van der Waals surface area contributed by atoms with E-state index in [9.17, 15) is 9.59 Å². The Labute approximate surface area is 146 Å². The fourth-order valence-corrected chi connectivity index (χ4v) is 2.22. The second-order valence-electron chi connectivity index (χ2n) is 6.02. The van der Waals surface area contributed by atoms with Crippen molar-refractivity contribution in [3.63, 3.8) is 0 Å². The minimum atomic E-state index is -1.16. The molecule has 2 amide bonds. The molecule has 2 rings (SSSR count). The summed E-state index contributed by atoms with van der Waals surface area (Å²) < 4.78 is 5.15. The molecule has 0 radical (unpaired) electrons. The Kier molecular flexibility index (Phi) is 6.04. The van der Waals surface area contributed by atoms with Crippen LogP contribution in [0.1, 0.15) is 25.2 Å². The highest BCUT2D eigenvalue weighted by Crippen LogP contribution is 2.16. The van der Waals surface area contributed by atoms with Crippen molar-refractivity contribution >= 4 is 23.4 Å². The van der Waals surface area contributed by atoms with Crippen molar-refractivity contribution in [3.8, 4) is 0 Å². The molecule has 1 aromatic carbocycles. The molecule has 0 fully saturated rings. The van der Waals surface area contributed by atoms with Gasteiger partial charge in [0.1, 0.15) is 11.2 Å². The Hall–Kier alpha value is -2.27. The second-order valence-corrected chi connectivity index (χ2v) is 6.46. The number of hydrogen-bond acceptors (Lipinski definition) is 3. The lowest BCUT2D eigenvalue weighted by Gasteiger charge is -2.22. The maximum atomic E-state index is 12.3. The molecule has 0 aliphatic carbocycles. The lowest BCUT2D eigenvalue weighted by Crippen LogP contribution is -2.48. The number of rotatable bonds is 7. The van der Waals surface area contributed by atoms with E-state index in [1.54, 1.807) is 26.0 Å². The second kappa shape index (κ2) is 8.02. The summed E-state index contributed by atoms with van der Waals surface area (Å²) in [6.07, 6.45) is 2.21. The highest BCUT2D eigenvalue weighted by molar-refractivity contribution is 6.30. The van der Waals surface area contributed by atoms with E-state index in [0.717, 1.165) is 5.56 Å². The van der Waals surface area contributed by atoms with Crippen molar-refractivity contribution in [2.45, 2.75) is 26.8 Å². The van der Waals surface area contributed by atoms with Crippen LogP contribution in [0.4, 0.5) is 0 Å². The first-order valence-electron chi connectivity index (χ1n) is 7.73. The number of amides is 2. The lowest BCUT2D eigenvalue weighted by atomic mass is 9.91. The molecule has 2 N–H and O–H groups in total. The van der Waals surface area contributed by atoms with Gasteiger partial charge in [-0.25, -0.2) is 0 Å². The Morgan fingerprint density at radius 2 is 1.75 bits per heavy atom. The van der Waals surface area contributed by atoms with Crippen molar-refractivity contribution in [1.29, 1.82) is 0 Å². The van der Waals surface area contributed by atoms with Crippen molar-refractivity contribution < 1.29 is 14.0 Å². The van der Waals surface area contributed by atoms with Crippen LogP contribution in [0, 0.1) is 5.41 Å². The van der Waals surface area contributed by atoms with Crippen molar-refractivity contribution in [3.05, 3.63) is 59.0 Å². The van der Waals surface area contributed by atoms with E-state index in [1.807, 2.05) is 24.3 Å². The minimum Gasteiger partial charge on any atom is -0.467 e. The summed E-state index contributed by atoms with van der Waals surface area (Å²) in [6, 6.07) is 11.0. The van der Waals surface area contributed by atoms with Gasteiger partial charge < -0.3 is 15.1 Å². The maximum absolute atomic E-state index is 12.3. The van der Waals surface area contributed by atoms with E-state index in [1.165, 1.54) is 6.26 Å². The van der Waals surface area contributed by atoms with Gasteiger partial charge in [0.2, 0.25) is 11.8 Å². The molecule has 6 heteroatoms. The fourth-order valence-electron chi connectivity index (χ4n) is 2.10. The van der Waals surface area contributed by atoms with Crippen LogP contribution in [0.2, 0.25) is 5.02 Å². The van der Waals surface area contributed by atoms with Gasteiger partial charge >= 0.3 is 0 Å². The molecule has 1 aromatic heterocycles. The number of furan rings is 1. The molecule has 24 heavy (non-hydrogen) atoms. The van der Waals surface area contributed by atoms with Gasteiger partial charge in [-0.3, -0.25) is 9.59 Å². The highest BCUT2D eigenvalue weighted by Gasteiger charge is 2.35. The van der Waals surface area contributed by atoms with E-state index >= 15 is 0 Å². The number of nitrogens with one attached hydrogen (secondary N) is 2. The number of carbonyl (C=O) groups excluding carboxylic acids is 2. The normalized spacial score (nSPS) is 11.1. The molecular weight excluding hydrogens is 328 g/mol. The summed E-state index contributed by atoms with van der Waals surface area (Å²) in [7, 11) is 0. The average Bonchev–Trinajstić information content (AvgIpc) is 3.07. The molecule has 128 valence electrons. The first kappa shape index (κ1) is 18.1. The SMILES string of the molecule is CC(C)(C(=O)NCCc1ccc(Cl)cc1)C(=O)NCc1ccco1. The summed E-state index contributed by atoms with van der Waals surface area (Å²) in [6.45, 7) is 3.91. The van der Waals surface area contributed by atoms with Gasteiger partial charge in [0.15, 0.2) is 0 Å². The van der Waals surface area contributed by atoms with Gasteiger partial charge in [0.05, 0.1) is 12.8 Å². The summed E-state index contributed by atoms with van der Waals surface area (Å²) in [5.41, 5.74) is -0.0909. The van der Waals surface area contributed by atoms with Gasteiger partial charge in [-0.05, 0) is 50.1 Å². The largest absolute Gasteiger partial charge is 0.467 e. The van der Waals surface area contributed by atoms with Crippen LogP contribution >= 0.6 is 11.6 Å². The van der Waals surface area contributed by atoms with Crippen LogP contribution in [-0.2, 0) is 22.6 Å². The third kappa shape index (κ3) is 4.86. The first-order chi connectivity index (χ1) is 11.4. The summed E-state index contributed by atoms with van der Waals surface area (Å²) in [5.74, 6) is -0.0152. The number of carbonyl (C=O) groups is 2. The van der Waals surface area contributed by atoms with Crippen LogP contribution in [0.15, 0.2) is 47.1 Å². The van der Waals surface area contributed by atoms with Crippen LogP contribution in [0.5, 0.6) is 0 Å². The molecular formula is C18H21ClN2O3. The third-order valence-corrected chi connectivity index (χ3v) is 4.00. The van der Waals surface area contributed by atoms with E-state index in [0.29, 0.717) is 23.7 Å². The summed E-state index contributed by atoms with van der Waals surface area (Å²) in [4.78, 5) is 24.5. The predicted molar refractivity (Wildman–Crippen MR) is 92.5 cm³/mol. The minimum absolute atomic E-state index is 0.257. The first-order valence-corrected chi connectivity index (χ1v) is 8.11. The van der Waals surface area contributed by atoms with Gasteiger partial charge in [-0.15, -0.1) is 0 Å². The van der Waals surface area contributed by atoms with E-state index < -0.39 is 5.41 Å².